The SMILES string of the molecule is CC(C1C=CC=C1)n1nnc2ccccc21. The third-order valence-electron chi connectivity index (χ3n) is 3.10. The lowest BCUT2D eigenvalue weighted by atomic mass is 10.0. The van der Waals surface area contributed by atoms with Gasteiger partial charge in [0.15, 0.2) is 0 Å². The number of allylic oxidation sites excluding steroid dienone is 4. The Labute approximate surface area is 94.1 Å². The molecule has 0 N–H and O–H groups in total. The molecule has 3 rings (SSSR count). The van der Waals surface area contributed by atoms with Crippen LogP contribution in [0, 0.1) is 5.92 Å². The molecule has 0 amide bonds. The average Bonchev–Trinajstić information content (AvgIpc) is 2.98. The quantitative estimate of drug-likeness (QED) is 0.764. The van der Waals surface area contributed by atoms with Gasteiger partial charge in [-0.2, -0.15) is 0 Å². The van der Waals surface area contributed by atoms with Crippen LogP contribution in [0.4, 0.5) is 0 Å². The molecule has 0 saturated heterocycles. The molecule has 0 saturated carbocycles. The minimum absolute atomic E-state index is 0.308. The maximum atomic E-state index is 4.24. The zero-order valence-electron chi connectivity index (χ0n) is 9.12. The van der Waals surface area contributed by atoms with E-state index < -0.39 is 0 Å². The summed E-state index contributed by atoms with van der Waals surface area (Å²) in [4.78, 5) is 0. The van der Waals surface area contributed by atoms with Gasteiger partial charge >= 0.3 is 0 Å². The Balaban J connectivity index is 2.05. The number of para-hydroxylation sites is 1. The summed E-state index contributed by atoms with van der Waals surface area (Å²) < 4.78 is 2.00. The second-order valence-corrected chi connectivity index (χ2v) is 4.11. The van der Waals surface area contributed by atoms with Crippen LogP contribution in [0.15, 0.2) is 48.6 Å². The Morgan fingerprint density at radius 1 is 1.19 bits per heavy atom. The second kappa shape index (κ2) is 3.59. The number of nitrogens with zero attached hydrogens (tertiary/aromatic N) is 3. The molecule has 1 aliphatic rings. The molecular weight excluding hydrogens is 198 g/mol. The standard InChI is InChI=1S/C13H13N3/c1-10(11-6-2-3-7-11)16-13-9-5-4-8-12(13)14-15-16/h2-11H,1H3. The minimum Gasteiger partial charge on any atom is -0.241 e. The Kier molecular flexibility index (Phi) is 2.10. The fourth-order valence-corrected chi connectivity index (χ4v) is 2.12. The van der Waals surface area contributed by atoms with Crippen molar-refractivity contribution in [1.82, 2.24) is 15.0 Å². The Bertz CT molecular complexity index is 553. The smallest absolute Gasteiger partial charge is 0.113 e. The van der Waals surface area contributed by atoms with E-state index in [1.54, 1.807) is 0 Å². The topological polar surface area (TPSA) is 30.7 Å². The van der Waals surface area contributed by atoms with Crippen LogP contribution in [0.25, 0.3) is 11.0 Å². The molecule has 3 nitrogen and oxygen atoms in total. The van der Waals surface area contributed by atoms with E-state index in [4.69, 9.17) is 0 Å². The predicted octanol–water partition coefficient (Wildman–Crippen LogP) is 2.73. The molecule has 0 bridgehead atoms. The number of fused-ring (bicyclic) bond motifs is 1. The van der Waals surface area contributed by atoms with Gasteiger partial charge < -0.3 is 0 Å². The molecule has 1 aromatic heterocycles. The van der Waals surface area contributed by atoms with E-state index in [0.717, 1.165) is 11.0 Å². The predicted molar refractivity (Wildman–Crippen MR) is 64.0 cm³/mol. The summed E-state index contributed by atoms with van der Waals surface area (Å²) in [5.41, 5.74) is 2.06. The third-order valence-corrected chi connectivity index (χ3v) is 3.10. The van der Waals surface area contributed by atoms with E-state index in [-0.39, 0.29) is 0 Å². The number of hydrogen-bond acceptors (Lipinski definition) is 2. The first-order valence-electron chi connectivity index (χ1n) is 5.51. The zero-order chi connectivity index (χ0) is 11.0. The first kappa shape index (κ1) is 9.33. The average molecular weight is 211 g/mol. The van der Waals surface area contributed by atoms with Crippen LogP contribution in [0.5, 0.6) is 0 Å². The van der Waals surface area contributed by atoms with Gasteiger partial charge in [-0.1, -0.05) is 41.7 Å². The molecule has 0 aliphatic heterocycles. The van der Waals surface area contributed by atoms with Gasteiger partial charge in [0.1, 0.15) is 5.52 Å². The van der Waals surface area contributed by atoms with Crippen molar-refractivity contribution in [3.63, 3.8) is 0 Å². The lowest BCUT2D eigenvalue weighted by Crippen LogP contribution is -2.13. The molecule has 16 heavy (non-hydrogen) atoms. The highest BCUT2D eigenvalue weighted by molar-refractivity contribution is 5.74. The fraction of sp³-hybridized carbons (Fsp3) is 0.231. The van der Waals surface area contributed by atoms with Crippen molar-refractivity contribution in [3.05, 3.63) is 48.6 Å². The van der Waals surface area contributed by atoms with Crippen molar-refractivity contribution in [1.29, 1.82) is 0 Å². The summed E-state index contributed by atoms with van der Waals surface area (Å²) in [7, 11) is 0. The molecule has 1 aliphatic carbocycles. The van der Waals surface area contributed by atoms with E-state index in [9.17, 15) is 0 Å². The molecule has 1 heterocycles. The molecule has 0 radical (unpaired) electrons. The van der Waals surface area contributed by atoms with Crippen molar-refractivity contribution >= 4 is 11.0 Å². The molecule has 1 aromatic carbocycles. The number of rotatable bonds is 2. The summed E-state index contributed by atoms with van der Waals surface area (Å²) in [6.07, 6.45) is 8.56. The first-order valence-corrected chi connectivity index (χ1v) is 5.51. The van der Waals surface area contributed by atoms with Gasteiger partial charge in [-0.25, -0.2) is 4.68 Å². The Morgan fingerprint density at radius 3 is 2.75 bits per heavy atom. The molecule has 1 atom stereocenters. The maximum Gasteiger partial charge on any atom is 0.113 e. The van der Waals surface area contributed by atoms with Crippen molar-refractivity contribution in [2.24, 2.45) is 5.92 Å². The zero-order valence-corrected chi connectivity index (χ0v) is 9.12. The van der Waals surface area contributed by atoms with E-state index in [2.05, 4.69) is 47.6 Å². The fourth-order valence-electron chi connectivity index (χ4n) is 2.12. The summed E-state index contributed by atoms with van der Waals surface area (Å²) in [5.74, 6) is 0.421. The lowest BCUT2D eigenvalue weighted by Gasteiger charge is -2.16. The van der Waals surface area contributed by atoms with Crippen LogP contribution in [0.3, 0.4) is 0 Å². The molecule has 0 fully saturated rings. The first-order chi connectivity index (χ1) is 7.86. The van der Waals surface area contributed by atoms with Gasteiger partial charge in [-0.15, -0.1) is 5.10 Å². The minimum atomic E-state index is 0.308. The summed E-state index contributed by atoms with van der Waals surface area (Å²) in [6, 6.07) is 8.37. The summed E-state index contributed by atoms with van der Waals surface area (Å²) in [5, 5.41) is 8.41. The Hall–Kier alpha value is -1.90. The van der Waals surface area contributed by atoms with Gasteiger partial charge in [-0.3, -0.25) is 0 Å². The van der Waals surface area contributed by atoms with Crippen LogP contribution < -0.4 is 0 Å². The molecule has 0 spiro atoms. The van der Waals surface area contributed by atoms with Crippen molar-refractivity contribution < 1.29 is 0 Å². The van der Waals surface area contributed by atoms with Crippen molar-refractivity contribution in [3.8, 4) is 0 Å². The highest BCUT2D eigenvalue weighted by Crippen LogP contribution is 2.25. The monoisotopic (exact) mass is 211 g/mol. The summed E-state index contributed by atoms with van der Waals surface area (Å²) in [6.45, 7) is 2.17. The van der Waals surface area contributed by atoms with Gasteiger partial charge in [0.25, 0.3) is 0 Å². The summed E-state index contributed by atoms with van der Waals surface area (Å²) >= 11 is 0. The van der Waals surface area contributed by atoms with Gasteiger partial charge in [0, 0.05) is 5.92 Å². The van der Waals surface area contributed by atoms with E-state index in [1.807, 2.05) is 22.9 Å². The highest BCUT2D eigenvalue weighted by atomic mass is 15.4. The molecule has 3 heteroatoms. The van der Waals surface area contributed by atoms with Crippen molar-refractivity contribution in [2.45, 2.75) is 13.0 Å². The van der Waals surface area contributed by atoms with Crippen LogP contribution in [0.1, 0.15) is 13.0 Å². The molecule has 1 unspecified atom stereocenters. The van der Waals surface area contributed by atoms with Gasteiger partial charge in [-0.05, 0) is 19.1 Å². The second-order valence-electron chi connectivity index (χ2n) is 4.11. The lowest BCUT2D eigenvalue weighted by molar-refractivity contribution is 0.437. The van der Waals surface area contributed by atoms with Crippen LogP contribution in [-0.2, 0) is 0 Å². The van der Waals surface area contributed by atoms with Crippen LogP contribution in [-0.4, -0.2) is 15.0 Å². The Morgan fingerprint density at radius 2 is 1.94 bits per heavy atom. The van der Waals surface area contributed by atoms with Crippen LogP contribution >= 0.6 is 0 Å². The van der Waals surface area contributed by atoms with E-state index >= 15 is 0 Å². The number of aromatic nitrogens is 3. The largest absolute Gasteiger partial charge is 0.241 e. The maximum absolute atomic E-state index is 4.24. The normalized spacial score (nSPS) is 17.3. The third kappa shape index (κ3) is 1.36. The molecule has 2 aromatic rings. The van der Waals surface area contributed by atoms with E-state index in [1.165, 1.54) is 0 Å². The molecular formula is C13H13N3. The number of benzene rings is 1. The van der Waals surface area contributed by atoms with Gasteiger partial charge in [0.05, 0.1) is 11.6 Å². The highest BCUT2D eigenvalue weighted by Gasteiger charge is 2.18. The van der Waals surface area contributed by atoms with Crippen LogP contribution in [0.2, 0.25) is 0 Å². The van der Waals surface area contributed by atoms with Gasteiger partial charge in [0.2, 0.25) is 0 Å². The number of hydrogen-bond donors (Lipinski definition) is 0. The molecule has 80 valence electrons. The van der Waals surface area contributed by atoms with E-state index in [0.29, 0.717) is 12.0 Å². The van der Waals surface area contributed by atoms with Crippen molar-refractivity contribution in [2.75, 3.05) is 0 Å².